The van der Waals surface area contributed by atoms with Crippen LogP contribution < -0.4 is 5.73 Å². The average molecular weight is 298 g/mol. The Morgan fingerprint density at radius 1 is 1.35 bits per heavy atom. The van der Waals surface area contributed by atoms with Gasteiger partial charge in [0.05, 0.1) is 5.69 Å². The van der Waals surface area contributed by atoms with Crippen molar-refractivity contribution in [3.05, 3.63) is 29.6 Å². The summed E-state index contributed by atoms with van der Waals surface area (Å²) in [5.41, 5.74) is 7.03. The van der Waals surface area contributed by atoms with Crippen LogP contribution in [-0.4, -0.2) is 28.9 Å². The number of pyridine rings is 1. The molecule has 1 aromatic rings. The fourth-order valence-corrected chi connectivity index (χ4v) is 2.74. The Kier molecular flexibility index (Phi) is 6.96. The first-order chi connectivity index (χ1) is 9.22. The average Bonchev–Trinajstić information content (AvgIpc) is 2.75. The molecule has 1 fully saturated rings. The number of rotatable bonds is 3. The zero-order valence-corrected chi connectivity index (χ0v) is 12.9. The van der Waals surface area contributed by atoms with Crippen LogP contribution in [0.5, 0.6) is 0 Å². The van der Waals surface area contributed by atoms with E-state index in [0.29, 0.717) is 18.2 Å². The van der Waals surface area contributed by atoms with E-state index in [1.54, 1.807) is 18.3 Å². The number of carbonyl (C=O) groups excluding carboxylic acids is 1. The van der Waals surface area contributed by atoms with E-state index >= 15 is 0 Å². The molecule has 0 atom stereocenters. The molecule has 0 aromatic carbocycles. The van der Waals surface area contributed by atoms with Gasteiger partial charge in [-0.2, -0.15) is 0 Å². The second-order valence-corrected chi connectivity index (χ2v) is 5.30. The Labute approximate surface area is 127 Å². The van der Waals surface area contributed by atoms with Crippen molar-refractivity contribution in [2.45, 2.75) is 51.1 Å². The molecule has 0 unspecified atom stereocenters. The van der Waals surface area contributed by atoms with Crippen molar-refractivity contribution in [2.75, 3.05) is 7.05 Å². The van der Waals surface area contributed by atoms with Crippen LogP contribution >= 0.6 is 12.4 Å². The molecule has 0 bridgehead atoms. The van der Waals surface area contributed by atoms with Crippen LogP contribution in [0.2, 0.25) is 0 Å². The summed E-state index contributed by atoms with van der Waals surface area (Å²) in [5.74, 6) is 0.0870. The maximum atomic E-state index is 12.5. The molecule has 112 valence electrons. The smallest absolute Gasteiger partial charge is 0.253 e. The predicted octanol–water partition coefficient (Wildman–Crippen LogP) is 2.76. The molecule has 0 radical (unpaired) electrons. The maximum Gasteiger partial charge on any atom is 0.253 e. The number of nitrogens with two attached hydrogens (primary N) is 1. The summed E-state index contributed by atoms with van der Waals surface area (Å²) < 4.78 is 0. The first kappa shape index (κ1) is 16.9. The fraction of sp³-hybridized carbons (Fsp3) is 0.600. The summed E-state index contributed by atoms with van der Waals surface area (Å²) in [6, 6.07) is 3.95. The normalized spacial score (nSPS) is 16.1. The highest BCUT2D eigenvalue weighted by Crippen LogP contribution is 2.22. The van der Waals surface area contributed by atoms with Crippen LogP contribution in [0.1, 0.15) is 54.6 Å². The molecule has 1 amide bonds. The van der Waals surface area contributed by atoms with E-state index in [0.717, 1.165) is 18.5 Å². The number of aromatic nitrogens is 1. The number of amides is 1. The van der Waals surface area contributed by atoms with Crippen molar-refractivity contribution in [2.24, 2.45) is 5.73 Å². The number of nitrogens with zero attached hydrogens (tertiary/aromatic N) is 2. The minimum atomic E-state index is 0. The molecule has 1 aliphatic rings. The first-order valence-corrected chi connectivity index (χ1v) is 7.14. The van der Waals surface area contributed by atoms with E-state index in [1.807, 2.05) is 11.9 Å². The lowest BCUT2D eigenvalue weighted by Gasteiger charge is -2.27. The highest BCUT2D eigenvalue weighted by Gasteiger charge is 2.22. The molecule has 2 rings (SSSR count). The van der Waals surface area contributed by atoms with E-state index in [9.17, 15) is 4.79 Å². The van der Waals surface area contributed by atoms with Crippen LogP contribution in [-0.2, 0) is 6.54 Å². The largest absolute Gasteiger partial charge is 0.339 e. The van der Waals surface area contributed by atoms with Gasteiger partial charge in [0.25, 0.3) is 5.91 Å². The Bertz CT molecular complexity index is 431. The van der Waals surface area contributed by atoms with Crippen molar-refractivity contribution in [3.8, 4) is 0 Å². The van der Waals surface area contributed by atoms with Crippen molar-refractivity contribution in [1.29, 1.82) is 0 Å². The Hall–Kier alpha value is -1.13. The van der Waals surface area contributed by atoms with Crippen LogP contribution in [0.4, 0.5) is 0 Å². The molecule has 20 heavy (non-hydrogen) atoms. The van der Waals surface area contributed by atoms with Gasteiger partial charge in [-0.15, -0.1) is 12.4 Å². The van der Waals surface area contributed by atoms with E-state index in [-0.39, 0.29) is 18.3 Å². The van der Waals surface area contributed by atoms with Crippen molar-refractivity contribution in [3.63, 3.8) is 0 Å². The van der Waals surface area contributed by atoms with Crippen molar-refractivity contribution in [1.82, 2.24) is 9.88 Å². The van der Waals surface area contributed by atoms with Gasteiger partial charge in [0, 0.05) is 31.4 Å². The third-order valence-electron chi connectivity index (χ3n) is 3.97. The van der Waals surface area contributed by atoms with Crippen LogP contribution in [0.3, 0.4) is 0 Å². The summed E-state index contributed by atoms with van der Waals surface area (Å²) >= 11 is 0. The molecule has 1 saturated carbocycles. The first-order valence-electron chi connectivity index (χ1n) is 7.14. The van der Waals surface area contributed by atoms with Crippen molar-refractivity contribution < 1.29 is 4.79 Å². The zero-order chi connectivity index (χ0) is 13.7. The molecular formula is C15H24ClN3O. The van der Waals surface area contributed by atoms with Gasteiger partial charge in [-0.25, -0.2) is 0 Å². The maximum absolute atomic E-state index is 12.5. The van der Waals surface area contributed by atoms with Crippen molar-refractivity contribution >= 4 is 18.3 Å². The molecule has 0 spiro atoms. The Balaban J connectivity index is 0.00000200. The Morgan fingerprint density at radius 2 is 2.00 bits per heavy atom. The lowest BCUT2D eigenvalue weighted by molar-refractivity contribution is 0.0717. The van der Waals surface area contributed by atoms with E-state index in [2.05, 4.69) is 4.98 Å². The SMILES string of the molecule is CN(C(=O)c1ccnc(CN)c1)C1CCCCCC1.Cl. The highest BCUT2D eigenvalue weighted by molar-refractivity contribution is 5.94. The minimum absolute atomic E-state index is 0. The highest BCUT2D eigenvalue weighted by atomic mass is 35.5. The quantitative estimate of drug-likeness (QED) is 0.873. The van der Waals surface area contributed by atoms with Crippen LogP contribution in [0.25, 0.3) is 0 Å². The minimum Gasteiger partial charge on any atom is -0.339 e. The molecule has 2 N–H and O–H groups in total. The van der Waals surface area contributed by atoms with Gasteiger partial charge in [0.2, 0.25) is 0 Å². The summed E-state index contributed by atoms with van der Waals surface area (Å²) in [4.78, 5) is 18.5. The second-order valence-electron chi connectivity index (χ2n) is 5.30. The van der Waals surface area contributed by atoms with E-state index in [4.69, 9.17) is 5.73 Å². The van der Waals surface area contributed by atoms with Gasteiger partial charge in [-0.3, -0.25) is 9.78 Å². The van der Waals surface area contributed by atoms with Gasteiger partial charge in [-0.1, -0.05) is 25.7 Å². The van der Waals surface area contributed by atoms with Gasteiger partial charge in [0.15, 0.2) is 0 Å². The second kappa shape index (κ2) is 8.22. The summed E-state index contributed by atoms with van der Waals surface area (Å²) in [6.07, 6.45) is 8.96. The monoisotopic (exact) mass is 297 g/mol. The molecule has 5 heteroatoms. The third-order valence-corrected chi connectivity index (χ3v) is 3.97. The third kappa shape index (κ3) is 4.18. The number of halogens is 1. The predicted molar refractivity (Wildman–Crippen MR) is 83.0 cm³/mol. The topological polar surface area (TPSA) is 59.2 Å². The fourth-order valence-electron chi connectivity index (χ4n) is 2.74. The summed E-state index contributed by atoms with van der Waals surface area (Å²) in [7, 11) is 1.92. The molecule has 4 nitrogen and oxygen atoms in total. The van der Waals surface area contributed by atoms with Gasteiger partial charge in [-0.05, 0) is 25.0 Å². The van der Waals surface area contributed by atoms with Gasteiger partial charge in [0.1, 0.15) is 0 Å². The molecule has 0 saturated heterocycles. The molecule has 1 heterocycles. The standard InChI is InChI=1S/C15H23N3O.ClH/c1-18(14-6-4-2-3-5-7-14)15(19)12-8-9-17-13(10-12)11-16;/h8-10,14H,2-7,11,16H2,1H3;1H. The van der Waals surface area contributed by atoms with E-state index in [1.165, 1.54) is 25.7 Å². The number of hydrogen-bond donors (Lipinski definition) is 1. The lowest BCUT2D eigenvalue weighted by Crippen LogP contribution is -2.36. The lowest BCUT2D eigenvalue weighted by atomic mass is 10.1. The molecular weight excluding hydrogens is 274 g/mol. The van der Waals surface area contributed by atoms with Crippen LogP contribution in [0.15, 0.2) is 18.3 Å². The van der Waals surface area contributed by atoms with Gasteiger partial charge >= 0.3 is 0 Å². The van der Waals surface area contributed by atoms with Crippen LogP contribution in [0, 0.1) is 0 Å². The summed E-state index contributed by atoms with van der Waals surface area (Å²) in [6.45, 7) is 0.369. The Morgan fingerprint density at radius 3 is 2.60 bits per heavy atom. The number of hydrogen-bond acceptors (Lipinski definition) is 3. The van der Waals surface area contributed by atoms with Gasteiger partial charge < -0.3 is 10.6 Å². The number of carbonyl (C=O) groups is 1. The zero-order valence-electron chi connectivity index (χ0n) is 12.0. The molecule has 0 aliphatic heterocycles. The van der Waals surface area contributed by atoms with E-state index < -0.39 is 0 Å². The summed E-state index contributed by atoms with van der Waals surface area (Å²) in [5, 5.41) is 0. The molecule has 1 aliphatic carbocycles. The molecule has 1 aromatic heterocycles.